The van der Waals surface area contributed by atoms with E-state index in [0.717, 1.165) is 16.6 Å². The van der Waals surface area contributed by atoms with E-state index in [0.29, 0.717) is 0 Å². The third-order valence-electron chi connectivity index (χ3n) is 3.69. The topological polar surface area (TPSA) is 52.7 Å². The predicted octanol–water partition coefficient (Wildman–Crippen LogP) is 2.88. The molecule has 0 aliphatic heterocycles. The van der Waals surface area contributed by atoms with Crippen molar-refractivity contribution < 1.29 is 13.2 Å². The van der Waals surface area contributed by atoms with Gasteiger partial charge in [-0.25, -0.2) is 14.6 Å². The molecule has 0 aliphatic rings. The third kappa shape index (κ3) is 2.54. The van der Waals surface area contributed by atoms with Gasteiger partial charge in [0.1, 0.15) is 0 Å². The minimum atomic E-state index is -4.61. The van der Waals surface area contributed by atoms with E-state index in [1.807, 2.05) is 0 Å². The van der Waals surface area contributed by atoms with Gasteiger partial charge in [0.25, 0.3) is 5.56 Å². The minimum absolute atomic E-state index is 0.0319. The van der Waals surface area contributed by atoms with Gasteiger partial charge in [-0.15, -0.1) is 11.3 Å². The summed E-state index contributed by atoms with van der Waals surface area (Å²) in [5.74, 6) is 0. The van der Waals surface area contributed by atoms with Crippen LogP contribution in [0.3, 0.4) is 0 Å². The Labute approximate surface area is 133 Å². The summed E-state index contributed by atoms with van der Waals surface area (Å²) in [6, 6.07) is 0.909. The lowest BCUT2D eigenvalue weighted by molar-refractivity contribution is -0.136. The first kappa shape index (κ1) is 15.7. The molecule has 9 heteroatoms. The van der Waals surface area contributed by atoms with E-state index < -0.39 is 22.7 Å². The standard InChI is InChI=1S/C14H13F3N4OS/c1-7-4-9(14(15,16)17)11-12(19-7)20(3)21(13(11)22)5-10-8(2)18-6-23-10/h4,6H,5H2,1-3H3. The van der Waals surface area contributed by atoms with E-state index in [-0.39, 0.29) is 17.9 Å². The maximum atomic E-state index is 13.3. The minimum Gasteiger partial charge on any atom is -0.268 e. The van der Waals surface area contributed by atoms with E-state index in [9.17, 15) is 18.0 Å². The van der Waals surface area contributed by atoms with Crippen molar-refractivity contribution in [1.29, 1.82) is 0 Å². The summed E-state index contributed by atoms with van der Waals surface area (Å²) in [5.41, 5.74) is 1.00. The van der Waals surface area contributed by atoms with E-state index in [1.165, 1.54) is 34.7 Å². The number of fused-ring (bicyclic) bond motifs is 1. The van der Waals surface area contributed by atoms with Crippen molar-refractivity contribution in [3.8, 4) is 0 Å². The van der Waals surface area contributed by atoms with E-state index in [4.69, 9.17) is 0 Å². The third-order valence-corrected chi connectivity index (χ3v) is 4.61. The SMILES string of the molecule is Cc1cc(C(F)(F)F)c2c(=O)n(Cc3scnc3C)n(C)c2n1. The second kappa shape index (κ2) is 5.19. The van der Waals surface area contributed by atoms with Crippen LogP contribution in [0.1, 0.15) is 21.8 Å². The van der Waals surface area contributed by atoms with Gasteiger partial charge in [0.2, 0.25) is 0 Å². The summed E-state index contributed by atoms with van der Waals surface area (Å²) >= 11 is 1.36. The fourth-order valence-electron chi connectivity index (χ4n) is 2.50. The molecule has 3 aromatic rings. The second-order valence-electron chi connectivity index (χ2n) is 5.25. The molecular weight excluding hydrogens is 329 g/mol. The van der Waals surface area contributed by atoms with Crippen molar-refractivity contribution in [1.82, 2.24) is 19.3 Å². The molecule has 3 rings (SSSR count). The summed E-state index contributed by atoms with van der Waals surface area (Å²) in [6.07, 6.45) is -4.61. The first-order valence-corrected chi connectivity index (χ1v) is 7.61. The van der Waals surface area contributed by atoms with Crippen molar-refractivity contribution in [2.24, 2.45) is 7.05 Å². The van der Waals surface area contributed by atoms with Crippen LogP contribution in [0, 0.1) is 13.8 Å². The Balaban J connectivity index is 2.30. The van der Waals surface area contributed by atoms with Crippen LogP contribution in [0.5, 0.6) is 0 Å². The van der Waals surface area contributed by atoms with Gasteiger partial charge in [-0.1, -0.05) is 0 Å². The molecule has 122 valence electrons. The maximum Gasteiger partial charge on any atom is 0.417 e. The van der Waals surface area contributed by atoms with Gasteiger partial charge >= 0.3 is 6.18 Å². The highest BCUT2D eigenvalue weighted by atomic mass is 32.1. The molecule has 0 atom stereocenters. The summed E-state index contributed by atoms with van der Waals surface area (Å²) in [4.78, 5) is 21.6. The van der Waals surface area contributed by atoms with Gasteiger partial charge in [0, 0.05) is 17.6 Å². The smallest absolute Gasteiger partial charge is 0.268 e. The number of aryl methyl sites for hydroxylation is 3. The highest BCUT2D eigenvalue weighted by molar-refractivity contribution is 7.09. The van der Waals surface area contributed by atoms with Crippen LogP contribution in [-0.2, 0) is 19.8 Å². The number of nitrogens with zero attached hydrogens (tertiary/aromatic N) is 4. The molecule has 0 saturated carbocycles. The number of hydrogen-bond donors (Lipinski definition) is 0. The highest BCUT2D eigenvalue weighted by Crippen LogP contribution is 2.33. The van der Waals surface area contributed by atoms with Crippen LogP contribution in [0.4, 0.5) is 13.2 Å². The van der Waals surface area contributed by atoms with Gasteiger partial charge in [-0.3, -0.25) is 9.48 Å². The molecule has 0 saturated heterocycles. The van der Waals surface area contributed by atoms with Crippen molar-refractivity contribution in [3.05, 3.63) is 43.8 Å². The molecule has 0 aliphatic carbocycles. The number of halogens is 3. The monoisotopic (exact) mass is 342 g/mol. The Morgan fingerprint density at radius 3 is 2.57 bits per heavy atom. The number of alkyl halides is 3. The summed E-state index contributed by atoms with van der Waals surface area (Å²) < 4.78 is 42.4. The van der Waals surface area contributed by atoms with E-state index in [1.54, 1.807) is 12.4 Å². The van der Waals surface area contributed by atoms with Gasteiger partial charge in [0.05, 0.1) is 28.7 Å². The number of pyridine rings is 1. The van der Waals surface area contributed by atoms with Gasteiger partial charge in [-0.2, -0.15) is 13.2 Å². The lowest BCUT2D eigenvalue weighted by atomic mass is 10.1. The molecule has 0 spiro atoms. The summed E-state index contributed by atoms with van der Waals surface area (Å²) in [7, 11) is 1.53. The van der Waals surface area contributed by atoms with E-state index in [2.05, 4.69) is 9.97 Å². The van der Waals surface area contributed by atoms with Crippen LogP contribution < -0.4 is 5.56 Å². The van der Waals surface area contributed by atoms with Gasteiger partial charge in [0.15, 0.2) is 5.65 Å². The molecule has 0 amide bonds. The first-order valence-electron chi connectivity index (χ1n) is 6.73. The van der Waals surface area contributed by atoms with E-state index >= 15 is 0 Å². The zero-order valence-electron chi connectivity index (χ0n) is 12.6. The number of aromatic nitrogens is 4. The molecule has 3 aromatic heterocycles. The Bertz CT molecular complexity index is 951. The Hall–Kier alpha value is -2.16. The molecule has 0 unspecified atom stereocenters. The maximum absolute atomic E-state index is 13.3. The zero-order valence-corrected chi connectivity index (χ0v) is 13.4. The average molecular weight is 342 g/mol. The number of hydrogen-bond acceptors (Lipinski definition) is 4. The van der Waals surface area contributed by atoms with Crippen LogP contribution in [-0.4, -0.2) is 19.3 Å². The van der Waals surface area contributed by atoms with Gasteiger partial charge < -0.3 is 0 Å². The van der Waals surface area contributed by atoms with Crippen LogP contribution in [0.2, 0.25) is 0 Å². The Kier molecular flexibility index (Phi) is 3.55. The van der Waals surface area contributed by atoms with Crippen molar-refractivity contribution in [3.63, 3.8) is 0 Å². The van der Waals surface area contributed by atoms with Crippen molar-refractivity contribution >= 4 is 22.4 Å². The molecule has 0 aromatic carbocycles. The Morgan fingerprint density at radius 1 is 1.30 bits per heavy atom. The Morgan fingerprint density at radius 2 is 2.00 bits per heavy atom. The molecular formula is C14H13F3N4OS. The highest BCUT2D eigenvalue weighted by Gasteiger charge is 2.36. The largest absolute Gasteiger partial charge is 0.417 e. The molecule has 0 fully saturated rings. The normalized spacial score (nSPS) is 12.3. The average Bonchev–Trinajstić information content (AvgIpc) is 2.95. The fraction of sp³-hybridized carbons (Fsp3) is 0.357. The van der Waals surface area contributed by atoms with Crippen LogP contribution in [0.25, 0.3) is 11.0 Å². The lowest BCUT2D eigenvalue weighted by Gasteiger charge is -2.08. The molecule has 23 heavy (non-hydrogen) atoms. The summed E-state index contributed by atoms with van der Waals surface area (Å²) in [5, 5.41) is -0.396. The zero-order chi connectivity index (χ0) is 16.9. The lowest BCUT2D eigenvalue weighted by Crippen LogP contribution is -2.22. The van der Waals surface area contributed by atoms with Crippen molar-refractivity contribution in [2.75, 3.05) is 0 Å². The fourth-order valence-corrected chi connectivity index (χ4v) is 3.25. The number of rotatable bonds is 2. The number of thiazole rings is 1. The molecule has 0 radical (unpaired) electrons. The second-order valence-corrected chi connectivity index (χ2v) is 6.19. The quantitative estimate of drug-likeness (QED) is 0.720. The molecule has 0 N–H and O–H groups in total. The molecule has 0 bridgehead atoms. The first-order chi connectivity index (χ1) is 10.7. The molecule has 5 nitrogen and oxygen atoms in total. The van der Waals surface area contributed by atoms with Gasteiger partial charge in [-0.05, 0) is 19.9 Å². The predicted molar refractivity (Wildman–Crippen MR) is 80.7 cm³/mol. The van der Waals surface area contributed by atoms with Crippen molar-refractivity contribution in [2.45, 2.75) is 26.6 Å². The van der Waals surface area contributed by atoms with Crippen LogP contribution in [0.15, 0.2) is 16.4 Å². The van der Waals surface area contributed by atoms with Crippen LogP contribution >= 0.6 is 11.3 Å². The summed E-state index contributed by atoms with van der Waals surface area (Å²) in [6.45, 7) is 3.44. The molecule has 3 heterocycles.